The summed E-state index contributed by atoms with van der Waals surface area (Å²) >= 11 is 0. The number of likely N-dealkylation sites (tertiary alicyclic amines) is 2. The first kappa shape index (κ1) is 16.4. The maximum Gasteiger partial charge on any atom is 0.234 e. The van der Waals surface area contributed by atoms with Crippen LogP contribution in [0.4, 0.5) is 0 Å². The number of ketones is 1. The van der Waals surface area contributed by atoms with Crippen LogP contribution in [0.3, 0.4) is 0 Å². The van der Waals surface area contributed by atoms with Gasteiger partial charge in [-0.2, -0.15) is 0 Å². The van der Waals surface area contributed by atoms with E-state index in [9.17, 15) is 9.59 Å². The van der Waals surface area contributed by atoms with Crippen molar-refractivity contribution in [1.82, 2.24) is 15.1 Å². The van der Waals surface area contributed by atoms with Gasteiger partial charge >= 0.3 is 0 Å². The molecule has 0 unspecified atom stereocenters. The number of Topliss-reactive ketones (excluding diaryl/α,β-unsaturated/α-hetero) is 1. The van der Waals surface area contributed by atoms with Crippen molar-refractivity contribution in [2.75, 3.05) is 45.8 Å². The molecule has 1 amide bonds. The van der Waals surface area contributed by atoms with Crippen molar-refractivity contribution in [2.45, 2.75) is 27.7 Å². The number of amides is 1. The normalized spacial score (nSPS) is 21.4. The van der Waals surface area contributed by atoms with Gasteiger partial charge in [-0.1, -0.05) is 27.7 Å². The first-order valence-corrected chi connectivity index (χ1v) is 8.04. The molecule has 0 atom stereocenters. The first-order valence-electron chi connectivity index (χ1n) is 8.04. The minimum atomic E-state index is 0.129. The van der Waals surface area contributed by atoms with E-state index in [-0.39, 0.29) is 11.8 Å². The molecule has 5 nitrogen and oxygen atoms in total. The molecule has 0 saturated carbocycles. The lowest BCUT2D eigenvalue weighted by Crippen LogP contribution is -2.73. The lowest BCUT2D eigenvalue weighted by molar-refractivity contribution is -0.142. The molecule has 1 N–H and O–H groups in total. The van der Waals surface area contributed by atoms with Crippen molar-refractivity contribution in [2.24, 2.45) is 17.3 Å². The molecular formula is C16H29N3O2. The molecule has 2 aliphatic heterocycles. The standard InChI is InChI=1S/C16H29N3O2/c1-12(2)5-17-15(21)7-19-10-16(11-19)8-18(9-16)6-14(20)13(3)4/h12-13H,5-11H2,1-4H3,(H,17,21). The molecule has 0 aromatic rings. The van der Waals surface area contributed by atoms with Crippen LogP contribution in [0.1, 0.15) is 27.7 Å². The maximum absolute atomic E-state index is 11.7. The van der Waals surface area contributed by atoms with Gasteiger partial charge in [0.1, 0.15) is 5.78 Å². The fourth-order valence-electron chi connectivity index (χ4n) is 3.21. The van der Waals surface area contributed by atoms with Gasteiger partial charge in [0.15, 0.2) is 0 Å². The largest absolute Gasteiger partial charge is 0.355 e. The van der Waals surface area contributed by atoms with Gasteiger partial charge < -0.3 is 5.32 Å². The minimum absolute atomic E-state index is 0.129. The van der Waals surface area contributed by atoms with Crippen LogP contribution >= 0.6 is 0 Å². The van der Waals surface area contributed by atoms with Gasteiger partial charge in [-0.25, -0.2) is 0 Å². The zero-order valence-corrected chi connectivity index (χ0v) is 13.8. The van der Waals surface area contributed by atoms with E-state index in [0.717, 1.165) is 32.7 Å². The van der Waals surface area contributed by atoms with E-state index in [2.05, 4.69) is 29.0 Å². The van der Waals surface area contributed by atoms with E-state index in [1.54, 1.807) is 0 Å². The molecule has 5 heteroatoms. The SMILES string of the molecule is CC(C)CNC(=O)CN1CC2(C1)CN(CC(=O)C(C)C)C2. The summed E-state index contributed by atoms with van der Waals surface area (Å²) in [6, 6.07) is 0. The fraction of sp³-hybridized carbons (Fsp3) is 0.875. The van der Waals surface area contributed by atoms with Gasteiger partial charge in [0, 0.05) is 44.1 Å². The predicted molar refractivity (Wildman–Crippen MR) is 83.0 cm³/mol. The number of hydrogen-bond acceptors (Lipinski definition) is 4. The fourth-order valence-corrected chi connectivity index (χ4v) is 3.21. The minimum Gasteiger partial charge on any atom is -0.355 e. The Hall–Kier alpha value is -0.940. The summed E-state index contributed by atoms with van der Waals surface area (Å²) in [5.74, 6) is 1.08. The quantitative estimate of drug-likeness (QED) is 0.747. The van der Waals surface area contributed by atoms with Crippen molar-refractivity contribution in [3.8, 4) is 0 Å². The highest BCUT2D eigenvalue weighted by molar-refractivity contribution is 5.82. The Labute approximate surface area is 128 Å². The van der Waals surface area contributed by atoms with E-state index >= 15 is 0 Å². The lowest BCUT2D eigenvalue weighted by Gasteiger charge is -2.60. The molecule has 1 spiro atoms. The molecular weight excluding hydrogens is 266 g/mol. The molecule has 0 bridgehead atoms. The summed E-state index contributed by atoms with van der Waals surface area (Å²) in [5.41, 5.74) is 0.357. The van der Waals surface area contributed by atoms with Crippen LogP contribution in [-0.2, 0) is 9.59 Å². The van der Waals surface area contributed by atoms with Crippen LogP contribution in [-0.4, -0.2) is 67.3 Å². The van der Waals surface area contributed by atoms with Crippen LogP contribution in [0.2, 0.25) is 0 Å². The molecule has 120 valence electrons. The van der Waals surface area contributed by atoms with Gasteiger partial charge in [0.05, 0.1) is 13.1 Å². The van der Waals surface area contributed by atoms with Crippen molar-refractivity contribution in [3.05, 3.63) is 0 Å². The van der Waals surface area contributed by atoms with Gasteiger partial charge in [-0.3, -0.25) is 19.4 Å². The highest BCUT2D eigenvalue weighted by atomic mass is 16.2. The van der Waals surface area contributed by atoms with Crippen LogP contribution in [0.5, 0.6) is 0 Å². The van der Waals surface area contributed by atoms with Crippen LogP contribution in [0, 0.1) is 17.3 Å². The van der Waals surface area contributed by atoms with Gasteiger partial charge in [0.2, 0.25) is 5.91 Å². The summed E-state index contributed by atoms with van der Waals surface area (Å²) in [5, 5.41) is 2.96. The second-order valence-corrected chi connectivity index (χ2v) is 7.61. The first-order chi connectivity index (χ1) is 9.79. The molecule has 0 aromatic carbocycles. The molecule has 2 saturated heterocycles. The zero-order valence-electron chi connectivity index (χ0n) is 13.8. The second-order valence-electron chi connectivity index (χ2n) is 7.61. The molecule has 2 rings (SSSR count). The molecule has 0 aliphatic carbocycles. The number of nitrogens with one attached hydrogen (secondary N) is 1. The Balaban J connectivity index is 1.60. The van der Waals surface area contributed by atoms with E-state index in [4.69, 9.17) is 0 Å². The van der Waals surface area contributed by atoms with Crippen LogP contribution in [0.15, 0.2) is 0 Å². The summed E-state index contributed by atoms with van der Waals surface area (Å²) in [7, 11) is 0. The highest BCUT2D eigenvalue weighted by Crippen LogP contribution is 2.39. The summed E-state index contributed by atoms with van der Waals surface area (Å²) in [6.07, 6.45) is 0. The molecule has 2 aliphatic rings. The monoisotopic (exact) mass is 295 g/mol. The van der Waals surface area contributed by atoms with Crippen molar-refractivity contribution >= 4 is 11.7 Å². The Morgan fingerprint density at radius 2 is 1.52 bits per heavy atom. The number of hydrogen-bond donors (Lipinski definition) is 1. The summed E-state index contributed by atoms with van der Waals surface area (Å²) in [4.78, 5) is 27.9. The third-order valence-electron chi connectivity index (χ3n) is 4.33. The van der Waals surface area contributed by atoms with Crippen molar-refractivity contribution in [3.63, 3.8) is 0 Å². The lowest BCUT2D eigenvalue weighted by atomic mass is 9.72. The average molecular weight is 295 g/mol. The van der Waals surface area contributed by atoms with Crippen LogP contribution in [0.25, 0.3) is 0 Å². The third-order valence-corrected chi connectivity index (χ3v) is 4.33. The number of nitrogens with zero attached hydrogens (tertiary/aromatic N) is 2. The van der Waals surface area contributed by atoms with E-state index in [0.29, 0.717) is 30.2 Å². The van der Waals surface area contributed by atoms with E-state index in [1.807, 2.05) is 13.8 Å². The van der Waals surface area contributed by atoms with E-state index < -0.39 is 0 Å². The second kappa shape index (κ2) is 6.44. The molecule has 0 aromatic heterocycles. The Kier molecular flexibility index (Phi) is 5.04. The van der Waals surface area contributed by atoms with Gasteiger partial charge in [0.25, 0.3) is 0 Å². The maximum atomic E-state index is 11.7. The number of carbonyl (C=O) groups excluding carboxylic acids is 2. The molecule has 2 fully saturated rings. The van der Waals surface area contributed by atoms with Crippen LogP contribution < -0.4 is 5.32 Å². The number of carbonyl (C=O) groups is 2. The third kappa shape index (κ3) is 4.27. The highest BCUT2D eigenvalue weighted by Gasteiger charge is 2.51. The van der Waals surface area contributed by atoms with Gasteiger partial charge in [-0.15, -0.1) is 0 Å². The molecule has 21 heavy (non-hydrogen) atoms. The van der Waals surface area contributed by atoms with Crippen molar-refractivity contribution < 1.29 is 9.59 Å². The Morgan fingerprint density at radius 1 is 1.00 bits per heavy atom. The molecule has 0 radical (unpaired) electrons. The topological polar surface area (TPSA) is 52.7 Å². The average Bonchev–Trinajstić information content (AvgIpc) is 2.30. The smallest absolute Gasteiger partial charge is 0.234 e. The van der Waals surface area contributed by atoms with E-state index in [1.165, 1.54) is 0 Å². The summed E-state index contributed by atoms with van der Waals surface area (Å²) < 4.78 is 0. The predicted octanol–water partition coefficient (Wildman–Crippen LogP) is 0.601. The molecule has 2 heterocycles. The summed E-state index contributed by atoms with van der Waals surface area (Å²) in [6.45, 7) is 14.0. The Morgan fingerprint density at radius 3 is 2.00 bits per heavy atom. The number of rotatable bonds is 7. The van der Waals surface area contributed by atoms with Crippen molar-refractivity contribution in [1.29, 1.82) is 0 Å². The zero-order chi connectivity index (χ0) is 15.6. The van der Waals surface area contributed by atoms with Gasteiger partial charge in [-0.05, 0) is 5.92 Å². The Bertz CT molecular complexity index is 392.